The molecule has 2 aromatic rings. The van der Waals surface area contributed by atoms with E-state index in [1.165, 1.54) is 7.11 Å². The van der Waals surface area contributed by atoms with Gasteiger partial charge in [-0.05, 0) is 6.92 Å². The summed E-state index contributed by atoms with van der Waals surface area (Å²) in [5.74, 6) is 0.914. The molecule has 0 aliphatic rings. The van der Waals surface area contributed by atoms with Crippen LogP contribution in [0.25, 0.3) is 0 Å². The zero-order chi connectivity index (χ0) is 13.3. The van der Waals surface area contributed by atoms with Crippen LogP contribution < -0.4 is 5.73 Å². The van der Waals surface area contributed by atoms with Gasteiger partial charge in [0.05, 0.1) is 13.7 Å². The van der Waals surface area contributed by atoms with Gasteiger partial charge in [-0.1, -0.05) is 0 Å². The van der Waals surface area contributed by atoms with E-state index in [0.29, 0.717) is 18.2 Å². The molecule has 0 aromatic carbocycles. The maximum Gasteiger partial charge on any atom is 0.360 e. The summed E-state index contributed by atoms with van der Waals surface area (Å²) >= 11 is 0. The van der Waals surface area contributed by atoms with E-state index in [4.69, 9.17) is 5.73 Å². The van der Waals surface area contributed by atoms with Crippen molar-refractivity contribution >= 4 is 11.8 Å². The van der Waals surface area contributed by atoms with Gasteiger partial charge in [-0.2, -0.15) is 5.10 Å². The number of esters is 1. The van der Waals surface area contributed by atoms with Crippen LogP contribution in [-0.2, 0) is 18.3 Å². The number of anilines is 1. The lowest BCUT2D eigenvalue weighted by Gasteiger charge is -2.04. The highest BCUT2D eigenvalue weighted by Gasteiger charge is 2.19. The summed E-state index contributed by atoms with van der Waals surface area (Å²) in [5, 5.41) is 4.15. The lowest BCUT2D eigenvalue weighted by molar-refractivity contribution is 0.0595. The summed E-state index contributed by atoms with van der Waals surface area (Å²) in [6.45, 7) is 2.12. The van der Waals surface area contributed by atoms with Crippen LogP contribution in [0.5, 0.6) is 0 Å². The number of nitrogen functional groups attached to an aromatic ring is 1. The zero-order valence-corrected chi connectivity index (χ0v) is 10.4. The first-order chi connectivity index (χ1) is 8.52. The fourth-order valence-corrected chi connectivity index (χ4v) is 1.63. The molecule has 18 heavy (non-hydrogen) atoms. The van der Waals surface area contributed by atoms with Crippen LogP contribution in [0.3, 0.4) is 0 Å². The number of imidazole rings is 1. The summed E-state index contributed by atoms with van der Waals surface area (Å²) in [6, 6.07) is 0. The molecule has 8 heteroatoms. The van der Waals surface area contributed by atoms with Crippen LogP contribution in [0.4, 0.5) is 5.82 Å². The van der Waals surface area contributed by atoms with Crippen molar-refractivity contribution in [3.05, 3.63) is 23.7 Å². The number of hydrogen-bond donors (Lipinski definition) is 1. The highest BCUT2D eigenvalue weighted by atomic mass is 16.5. The minimum Gasteiger partial charge on any atom is -0.464 e. The predicted octanol–water partition coefficient (Wildman–Crippen LogP) is -0.263. The van der Waals surface area contributed by atoms with Crippen molar-refractivity contribution in [2.75, 3.05) is 12.8 Å². The fourth-order valence-electron chi connectivity index (χ4n) is 1.63. The molecule has 0 atom stereocenters. The average Bonchev–Trinajstić information content (AvgIpc) is 2.87. The van der Waals surface area contributed by atoms with E-state index in [1.807, 2.05) is 0 Å². The molecule has 0 amide bonds. The molecule has 0 saturated heterocycles. The lowest BCUT2D eigenvalue weighted by atomic mass is 10.4. The van der Waals surface area contributed by atoms with E-state index < -0.39 is 5.97 Å². The van der Waals surface area contributed by atoms with Crippen LogP contribution in [-0.4, -0.2) is 37.4 Å². The molecular formula is C10H14N6O2. The molecule has 8 nitrogen and oxygen atoms in total. The van der Waals surface area contributed by atoms with Crippen molar-refractivity contribution in [1.29, 1.82) is 0 Å². The molecule has 0 bridgehead atoms. The standard InChI is InChI=1S/C10H14N6O2/c1-6-13-8(10(17)18-3)9(11)16(6)4-7-12-5-15(2)14-7/h5H,4,11H2,1-3H3. The first-order valence-corrected chi connectivity index (χ1v) is 5.28. The second kappa shape index (κ2) is 4.47. The molecule has 0 fully saturated rings. The average molecular weight is 250 g/mol. The molecule has 96 valence electrons. The summed E-state index contributed by atoms with van der Waals surface area (Å²) in [5.41, 5.74) is 5.99. The van der Waals surface area contributed by atoms with Crippen LogP contribution in [0, 0.1) is 6.92 Å². The Hall–Kier alpha value is -2.38. The summed E-state index contributed by atoms with van der Waals surface area (Å²) in [6.07, 6.45) is 1.60. The molecule has 2 heterocycles. The van der Waals surface area contributed by atoms with Gasteiger partial charge in [0, 0.05) is 7.05 Å². The van der Waals surface area contributed by atoms with Crippen LogP contribution in [0.1, 0.15) is 22.1 Å². The van der Waals surface area contributed by atoms with Gasteiger partial charge in [0.1, 0.15) is 18.0 Å². The molecule has 2 N–H and O–H groups in total. The van der Waals surface area contributed by atoms with Gasteiger partial charge in [0.2, 0.25) is 0 Å². The van der Waals surface area contributed by atoms with E-state index in [2.05, 4.69) is 19.8 Å². The lowest BCUT2D eigenvalue weighted by Crippen LogP contribution is -2.10. The Morgan fingerprint density at radius 2 is 2.28 bits per heavy atom. The SMILES string of the molecule is COC(=O)c1nc(C)n(Cc2ncn(C)n2)c1N. The topological polar surface area (TPSA) is 101 Å². The summed E-state index contributed by atoms with van der Waals surface area (Å²) in [4.78, 5) is 19.6. The third kappa shape index (κ3) is 2.04. The normalized spacial score (nSPS) is 10.6. The Morgan fingerprint density at radius 3 is 2.83 bits per heavy atom. The second-order valence-electron chi connectivity index (χ2n) is 3.81. The number of rotatable bonds is 3. The van der Waals surface area contributed by atoms with Crippen LogP contribution >= 0.6 is 0 Å². The monoisotopic (exact) mass is 250 g/mol. The second-order valence-corrected chi connectivity index (χ2v) is 3.81. The van der Waals surface area contributed by atoms with Crippen molar-refractivity contribution in [1.82, 2.24) is 24.3 Å². The van der Waals surface area contributed by atoms with Gasteiger partial charge in [-0.15, -0.1) is 0 Å². The van der Waals surface area contributed by atoms with E-state index in [0.717, 1.165) is 0 Å². The number of nitrogens with two attached hydrogens (primary N) is 1. The number of carbonyl (C=O) groups is 1. The Labute approximate surface area is 103 Å². The fraction of sp³-hybridized carbons (Fsp3) is 0.400. The zero-order valence-electron chi connectivity index (χ0n) is 10.4. The number of nitrogens with zero attached hydrogens (tertiary/aromatic N) is 5. The van der Waals surface area contributed by atoms with Gasteiger partial charge in [-0.3, -0.25) is 4.68 Å². The molecule has 2 rings (SSSR count). The van der Waals surface area contributed by atoms with Crippen LogP contribution in [0.15, 0.2) is 6.33 Å². The van der Waals surface area contributed by atoms with E-state index in [-0.39, 0.29) is 11.5 Å². The Balaban J connectivity index is 2.34. The van der Waals surface area contributed by atoms with Gasteiger partial charge in [-0.25, -0.2) is 14.8 Å². The minimum absolute atomic E-state index is 0.117. The quantitative estimate of drug-likeness (QED) is 0.753. The first kappa shape index (κ1) is 12.1. The van der Waals surface area contributed by atoms with E-state index >= 15 is 0 Å². The van der Waals surface area contributed by atoms with Crippen molar-refractivity contribution in [3.63, 3.8) is 0 Å². The Morgan fingerprint density at radius 1 is 1.56 bits per heavy atom. The van der Waals surface area contributed by atoms with Gasteiger partial charge < -0.3 is 15.0 Å². The van der Waals surface area contributed by atoms with Gasteiger partial charge >= 0.3 is 5.97 Å². The number of aryl methyl sites for hydroxylation is 2. The Bertz CT molecular complexity index is 585. The number of carbonyl (C=O) groups excluding carboxylic acids is 1. The number of methoxy groups -OCH3 is 1. The largest absolute Gasteiger partial charge is 0.464 e. The maximum absolute atomic E-state index is 11.4. The van der Waals surface area contributed by atoms with E-state index in [1.54, 1.807) is 29.5 Å². The molecule has 0 aliphatic heterocycles. The van der Waals surface area contributed by atoms with Crippen molar-refractivity contribution in [2.24, 2.45) is 7.05 Å². The summed E-state index contributed by atoms with van der Waals surface area (Å²) < 4.78 is 7.87. The highest BCUT2D eigenvalue weighted by molar-refractivity contribution is 5.92. The third-order valence-corrected chi connectivity index (χ3v) is 2.52. The predicted molar refractivity (Wildman–Crippen MR) is 62.8 cm³/mol. The number of hydrogen-bond acceptors (Lipinski definition) is 6. The first-order valence-electron chi connectivity index (χ1n) is 5.28. The van der Waals surface area contributed by atoms with Gasteiger partial charge in [0.25, 0.3) is 0 Å². The van der Waals surface area contributed by atoms with Crippen molar-refractivity contribution in [2.45, 2.75) is 13.5 Å². The molecule has 0 saturated carbocycles. The van der Waals surface area contributed by atoms with Crippen molar-refractivity contribution in [3.8, 4) is 0 Å². The smallest absolute Gasteiger partial charge is 0.360 e. The minimum atomic E-state index is -0.552. The molecule has 2 aromatic heterocycles. The molecule has 0 radical (unpaired) electrons. The molecular weight excluding hydrogens is 236 g/mol. The molecule has 0 spiro atoms. The van der Waals surface area contributed by atoms with E-state index in [9.17, 15) is 4.79 Å². The maximum atomic E-state index is 11.4. The number of aromatic nitrogens is 5. The Kier molecular flexibility index (Phi) is 3.00. The van der Waals surface area contributed by atoms with Crippen molar-refractivity contribution < 1.29 is 9.53 Å². The highest BCUT2D eigenvalue weighted by Crippen LogP contribution is 2.16. The van der Waals surface area contributed by atoms with Crippen LogP contribution in [0.2, 0.25) is 0 Å². The number of ether oxygens (including phenoxy) is 1. The molecule has 0 unspecified atom stereocenters. The molecule has 0 aliphatic carbocycles. The third-order valence-electron chi connectivity index (χ3n) is 2.52. The summed E-state index contributed by atoms with van der Waals surface area (Å²) in [7, 11) is 3.07. The van der Waals surface area contributed by atoms with Gasteiger partial charge in [0.15, 0.2) is 11.5 Å².